The lowest BCUT2D eigenvalue weighted by Crippen LogP contribution is -2.20. The van der Waals surface area contributed by atoms with E-state index in [-0.39, 0.29) is 11.5 Å². The predicted molar refractivity (Wildman–Crippen MR) is 216 cm³/mol. The van der Waals surface area contributed by atoms with Gasteiger partial charge in [-0.2, -0.15) is 0 Å². The number of aryl methyl sites for hydroxylation is 1. The summed E-state index contributed by atoms with van der Waals surface area (Å²) in [5, 5.41) is 4.31. The topological polar surface area (TPSA) is 17.8 Å². The standard InChI is InChI=1S/C49H44N2/c1-49(2,3)37-26-34-21-23-41-43(32-19-17-31(18-20-32)36-11-9-25-50-30-36)29-44(42-24-22-35(27-37)47(34)48(41)42)33-10-8-12-38(28-33)51-45-15-6-4-13-39(45)40-14-5-7-16-46(40)51/h4-6,8-11,13-15,17-20,22,24-25,27-30,34,38H,7,12,16,21,23,26H2,1-3H3/t34-,38?/m1/s1. The molecule has 2 nitrogen and oxygen atoms in total. The van der Waals surface area contributed by atoms with E-state index in [2.05, 4.69) is 140 Å². The highest BCUT2D eigenvalue weighted by Gasteiger charge is 2.34. The molecule has 0 amide bonds. The molecule has 0 bridgehead atoms. The number of hydrogen-bond donors (Lipinski definition) is 0. The van der Waals surface area contributed by atoms with Crippen LogP contribution in [0, 0.1) is 5.41 Å². The SMILES string of the molecule is CC(C)(C)C1=Cc2ccc3c(C4=CC(n5c6c(c7ccccc75)C=CCC6)CC=C4)cc(-c4ccc(-c5cccnc5)cc4)c4c3c2[C@H](CC4)C1. The van der Waals surface area contributed by atoms with Crippen molar-refractivity contribution in [2.45, 2.75) is 71.3 Å². The van der Waals surface area contributed by atoms with E-state index >= 15 is 0 Å². The number of rotatable bonds is 4. The van der Waals surface area contributed by atoms with Gasteiger partial charge in [0.05, 0.1) is 6.04 Å². The summed E-state index contributed by atoms with van der Waals surface area (Å²) in [5.41, 5.74) is 18.3. The first kappa shape index (κ1) is 30.6. The average Bonchev–Trinajstić information content (AvgIpc) is 3.51. The van der Waals surface area contributed by atoms with E-state index in [0.717, 1.165) is 31.2 Å². The summed E-state index contributed by atoms with van der Waals surface area (Å²) in [5.74, 6) is 0.570. The van der Waals surface area contributed by atoms with Gasteiger partial charge in [-0.05, 0) is 129 Å². The second-order valence-electron chi connectivity index (χ2n) is 16.1. The number of hydrogen-bond acceptors (Lipinski definition) is 1. The van der Waals surface area contributed by atoms with Gasteiger partial charge in [0, 0.05) is 34.6 Å². The second-order valence-corrected chi connectivity index (χ2v) is 16.1. The Kier molecular flexibility index (Phi) is 7.00. The van der Waals surface area contributed by atoms with Crippen molar-refractivity contribution in [3.8, 4) is 22.3 Å². The monoisotopic (exact) mass is 660 g/mol. The second kappa shape index (κ2) is 11.7. The van der Waals surface area contributed by atoms with Gasteiger partial charge >= 0.3 is 0 Å². The maximum atomic E-state index is 4.38. The Morgan fingerprint density at radius 2 is 1.65 bits per heavy atom. The zero-order chi connectivity index (χ0) is 34.3. The first-order valence-corrected chi connectivity index (χ1v) is 18.9. The zero-order valence-corrected chi connectivity index (χ0v) is 29.9. The fourth-order valence-electron chi connectivity index (χ4n) is 9.64. The molecule has 1 unspecified atom stereocenters. The summed E-state index contributed by atoms with van der Waals surface area (Å²) < 4.78 is 2.66. The molecule has 2 aromatic heterocycles. The highest BCUT2D eigenvalue weighted by molar-refractivity contribution is 6.05. The van der Waals surface area contributed by atoms with Gasteiger partial charge in [0.25, 0.3) is 0 Å². The van der Waals surface area contributed by atoms with E-state index in [4.69, 9.17) is 0 Å². The maximum Gasteiger partial charge on any atom is 0.0563 e. The largest absolute Gasteiger partial charge is 0.337 e. The van der Waals surface area contributed by atoms with Gasteiger partial charge in [-0.1, -0.05) is 123 Å². The summed E-state index contributed by atoms with van der Waals surface area (Å²) in [4.78, 5) is 4.38. The molecule has 4 aromatic carbocycles. The van der Waals surface area contributed by atoms with Crippen molar-refractivity contribution in [3.05, 3.63) is 155 Å². The lowest BCUT2D eigenvalue weighted by Gasteiger charge is -2.37. The average molecular weight is 661 g/mol. The van der Waals surface area contributed by atoms with Gasteiger partial charge in [0.2, 0.25) is 0 Å². The van der Waals surface area contributed by atoms with Crippen molar-refractivity contribution in [1.29, 1.82) is 0 Å². The molecule has 0 saturated heterocycles. The third-order valence-electron chi connectivity index (χ3n) is 12.2. The summed E-state index contributed by atoms with van der Waals surface area (Å²) in [6.07, 6.45) is 25.1. The third kappa shape index (κ3) is 4.94. The molecule has 0 aliphatic heterocycles. The van der Waals surface area contributed by atoms with Gasteiger partial charge in [0.1, 0.15) is 0 Å². The number of para-hydroxylation sites is 1. The van der Waals surface area contributed by atoms with Gasteiger partial charge in [-0.3, -0.25) is 4.98 Å². The molecule has 6 aromatic rings. The molecule has 4 aliphatic rings. The van der Waals surface area contributed by atoms with Crippen LogP contribution in [-0.4, -0.2) is 9.55 Å². The van der Waals surface area contributed by atoms with Gasteiger partial charge in [-0.15, -0.1) is 0 Å². The molecule has 4 aliphatic carbocycles. The fourth-order valence-corrected chi connectivity index (χ4v) is 9.64. The molecule has 0 fully saturated rings. The minimum Gasteiger partial charge on any atom is -0.337 e. The van der Waals surface area contributed by atoms with Crippen LogP contribution in [0.15, 0.2) is 121 Å². The van der Waals surface area contributed by atoms with Crippen molar-refractivity contribution in [3.63, 3.8) is 0 Å². The minimum atomic E-state index is 0.181. The van der Waals surface area contributed by atoms with E-state index in [1.54, 1.807) is 11.1 Å². The van der Waals surface area contributed by atoms with Crippen LogP contribution in [-0.2, 0) is 12.8 Å². The van der Waals surface area contributed by atoms with E-state index in [1.807, 2.05) is 18.5 Å². The summed E-state index contributed by atoms with van der Waals surface area (Å²) in [6, 6.07) is 30.1. The number of aromatic nitrogens is 2. The van der Waals surface area contributed by atoms with Crippen molar-refractivity contribution < 1.29 is 0 Å². The Balaban J connectivity index is 1.19. The Morgan fingerprint density at radius 1 is 0.784 bits per heavy atom. The molecule has 10 rings (SSSR count). The molecule has 0 spiro atoms. The molecule has 2 heteroatoms. The molecule has 0 N–H and O–H groups in total. The van der Waals surface area contributed by atoms with E-state index < -0.39 is 0 Å². The van der Waals surface area contributed by atoms with Gasteiger partial charge in [-0.25, -0.2) is 0 Å². The Bertz CT molecular complexity index is 2490. The van der Waals surface area contributed by atoms with Crippen LogP contribution >= 0.6 is 0 Å². The number of nitrogens with zero attached hydrogens (tertiary/aromatic N) is 2. The fraction of sp³-hybridized carbons (Fsp3) is 0.245. The van der Waals surface area contributed by atoms with E-state index in [1.165, 1.54) is 84.7 Å². The molecule has 51 heavy (non-hydrogen) atoms. The van der Waals surface area contributed by atoms with Crippen molar-refractivity contribution in [2.75, 3.05) is 0 Å². The van der Waals surface area contributed by atoms with Crippen LogP contribution in [0.2, 0.25) is 0 Å². The van der Waals surface area contributed by atoms with E-state index in [9.17, 15) is 0 Å². The van der Waals surface area contributed by atoms with Crippen LogP contribution < -0.4 is 0 Å². The summed E-state index contributed by atoms with van der Waals surface area (Å²) in [7, 11) is 0. The smallest absolute Gasteiger partial charge is 0.0563 e. The van der Waals surface area contributed by atoms with Crippen molar-refractivity contribution >= 4 is 39.4 Å². The maximum absolute atomic E-state index is 4.38. The Labute approximate surface area is 301 Å². The molecule has 2 heterocycles. The van der Waals surface area contributed by atoms with Gasteiger partial charge in [0.15, 0.2) is 0 Å². The van der Waals surface area contributed by atoms with Crippen LogP contribution in [0.3, 0.4) is 0 Å². The lowest BCUT2D eigenvalue weighted by molar-refractivity contribution is 0.455. The zero-order valence-electron chi connectivity index (χ0n) is 29.9. The van der Waals surface area contributed by atoms with Crippen molar-refractivity contribution in [1.82, 2.24) is 9.55 Å². The first-order chi connectivity index (χ1) is 24.9. The molecule has 0 saturated carbocycles. The highest BCUT2D eigenvalue weighted by Crippen LogP contribution is 2.52. The van der Waals surface area contributed by atoms with Gasteiger partial charge < -0.3 is 4.57 Å². The van der Waals surface area contributed by atoms with Crippen LogP contribution in [0.5, 0.6) is 0 Å². The first-order valence-electron chi connectivity index (χ1n) is 18.9. The normalized spacial score (nSPS) is 19.3. The number of benzene rings is 4. The Hall–Kier alpha value is -5.21. The van der Waals surface area contributed by atoms with Crippen molar-refractivity contribution in [2.24, 2.45) is 5.41 Å². The summed E-state index contributed by atoms with van der Waals surface area (Å²) in [6.45, 7) is 7.14. The molecule has 2 atom stereocenters. The van der Waals surface area contributed by atoms with Crippen LogP contribution in [0.1, 0.15) is 91.9 Å². The van der Waals surface area contributed by atoms with Crippen LogP contribution in [0.25, 0.3) is 61.7 Å². The predicted octanol–water partition coefficient (Wildman–Crippen LogP) is 12.9. The Morgan fingerprint density at radius 3 is 2.49 bits per heavy atom. The number of allylic oxidation sites excluding steroid dienone is 6. The molecular formula is C49H44N2. The lowest BCUT2D eigenvalue weighted by atomic mass is 9.67. The number of pyridine rings is 1. The van der Waals surface area contributed by atoms with E-state index in [0.29, 0.717) is 5.92 Å². The molecular weight excluding hydrogens is 617 g/mol. The third-order valence-corrected chi connectivity index (χ3v) is 12.2. The summed E-state index contributed by atoms with van der Waals surface area (Å²) >= 11 is 0. The number of fused-ring (bicyclic) bond motifs is 3. The quantitative estimate of drug-likeness (QED) is 0.184. The molecule has 0 radical (unpaired) electrons. The van der Waals surface area contributed by atoms with Crippen LogP contribution in [0.4, 0.5) is 0 Å². The minimum absolute atomic E-state index is 0.181. The molecule has 250 valence electrons. The highest BCUT2D eigenvalue weighted by atomic mass is 15.0.